The van der Waals surface area contributed by atoms with Crippen molar-refractivity contribution in [3.05, 3.63) is 0 Å². The summed E-state index contributed by atoms with van der Waals surface area (Å²) in [5, 5.41) is 3.10. The van der Waals surface area contributed by atoms with Crippen molar-refractivity contribution in [3.8, 4) is 0 Å². The summed E-state index contributed by atoms with van der Waals surface area (Å²) in [6.45, 7) is 3.31. The van der Waals surface area contributed by atoms with Gasteiger partial charge in [0.2, 0.25) is 0 Å². The van der Waals surface area contributed by atoms with Crippen LogP contribution in [-0.2, 0) is 4.74 Å². The predicted molar refractivity (Wildman–Crippen MR) is 57.5 cm³/mol. The van der Waals surface area contributed by atoms with Gasteiger partial charge in [-0.1, -0.05) is 19.3 Å². The van der Waals surface area contributed by atoms with Crippen molar-refractivity contribution in [2.24, 2.45) is 0 Å². The topological polar surface area (TPSA) is 41.6 Å². The number of carbonyl (C=O) groups excluding carboxylic acids is 1. The molecule has 4 heteroatoms. The number of amides is 2. The summed E-state index contributed by atoms with van der Waals surface area (Å²) in [7, 11) is 0. The molecule has 86 valence electrons. The molecule has 1 aliphatic heterocycles. The monoisotopic (exact) mass is 212 g/mol. The summed E-state index contributed by atoms with van der Waals surface area (Å²) in [5.74, 6) is 0. The molecule has 2 amide bonds. The summed E-state index contributed by atoms with van der Waals surface area (Å²) in [6, 6.07) is 0.436. The van der Waals surface area contributed by atoms with Gasteiger partial charge in [-0.3, -0.25) is 4.90 Å². The first-order chi connectivity index (χ1) is 7.27. The Hall–Kier alpha value is -0.770. The number of nitrogens with one attached hydrogen (secondary N) is 1. The first-order valence-electron chi connectivity index (χ1n) is 5.96. The van der Waals surface area contributed by atoms with Crippen molar-refractivity contribution < 1.29 is 9.53 Å². The normalized spacial score (nSPS) is 28.1. The smallest absolute Gasteiger partial charge is 0.319 e. The molecule has 0 radical (unpaired) electrons. The van der Waals surface area contributed by atoms with E-state index < -0.39 is 0 Å². The zero-order valence-electron chi connectivity index (χ0n) is 9.37. The van der Waals surface area contributed by atoms with E-state index in [0.29, 0.717) is 12.6 Å². The van der Waals surface area contributed by atoms with Crippen molar-refractivity contribution in [1.29, 1.82) is 0 Å². The van der Waals surface area contributed by atoms with Crippen LogP contribution >= 0.6 is 0 Å². The number of nitrogens with zero attached hydrogens (tertiary/aromatic N) is 1. The van der Waals surface area contributed by atoms with Gasteiger partial charge in [-0.05, 0) is 19.8 Å². The Morgan fingerprint density at radius 3 is 2.67 bits per heavy atom. The van der Waals surface area contributed by atoms with E-state index in [0.717, 1.165) is 19.4 Å². The quantitative estimate of drug-likeness (QED) is 0.719. The van der Waals surface area contributed by atoms with Crippen molar-refractivity contribution in [2.75, 3.05) is 13.2 Å². The molecule has 1 unspecified atom stereocenters. The second kappa shape index (κ2) is 4.84. The van der Waals surface area contributed by atoms with Gasteiger partial charge >= 0.3 is 6.03 Å². The van der Waals surface area contributed by atoms with Gasteiger partial charge < -0.3 is 10.1 Å². The fourth-order valence-electron chi connectivity index (χ4n) is 2.36. The number of urea groups is 1. The molecule has 1 N–H and O–H groups in total. The highest BCUT2D eigenvalue weighted by Crippen LogP contribution is 2.18. The average Bonchev–Trinajstić information content (AvgIpc) is 2.66. The lowest BCUT2D eigenvalue weighted by molar-refractivity contribution is 0.0636. The van der Waals surface area contributed by atoms with E-state index in [2.05, 4.69) is 5.32 Å². The molecule has 2 fully saturated rings. The maximum Gasteiger partial charge on any atom is 0.319 e. The van der Waals surface area contributed by atoms with E-state index >= 15 is 0 Å². The lowest BCUT2D eigenvalue weighted by Gasteiger charge is -2.27. The minimum absolute atomic E-state index is 0.0481. The molecule has 2 rings (SSSR count). The van der Waals surface area contributed by atoms with Crippen LogP contribution in [0.2, 0.25) is 0 Å². The molecule has 1 saturated heterocycles. The molecule has 4 nitrogen and oxygen atoms in total. The molecule has 1 saturated carbocycles. The van der Waals surface area contributed by atoms with E-state index in [1.54, 1.807) is 4.90 Å². The van der Waals surface area contributed by atoms with Crippen LogP contribution in [0.5, 0.6) is 0 Å². The Balaban J connectivity index is 1.80. The Labute approximate surface area is 91.0 Å². The number of ether oxygens (including phenoxy) is 1. The third-order valence-corrected chi connectivity index (χ3v) is 3.32. The van der Waals surface area contributed by atoms with Crippen LogP contribution in [0.15, 0.2) is 0 Å². The number of carbonyl (C=O) groups is 1. The number of hydrogen-bond acceptors (Lipinski definition) is 2. The van der Waals surface area contributed by atoms with Crippen LogP contribution < -0.4 is 5.32 Å². The van der Waals surface area contributed by atoms with Crippen LogP contribution in [0, 0.1) is 0 Å². The Kier molecular flexibility index (Phi) is 3.46. The van der Waals surface area contributed by atoms with Crippen molar-refractivity contribution in [3.63, 3.8) is 0 Å². The van der Waals surface area contributed by atoms with E-state index in [1.165, 1.54) is 19.3 Å². The summed E-state index contributed by atoms with van der Waals surface area (Å²) < 4.78 is 5.34. The Morgan fingerprint density at radius 1 is 1.33 bits per heavy atom. The van der Waals surface area contributed by atoms with Crippen molar-refractivity contribution in [2.45, 2.75) is 51.3 Å². The highest BCUT2D eigenvalue weighted by Gasteiger charge is 2.27. The first kappa shape index (κ1) is 10.7. The molecule has 1 aliphatic carbocycles. The third-order valence-electron chi connectivity index (χ3n) is 3.32. The number of hydrogen-bond donors (Lipinski definition) is 1. The van der Waals surface area contributed by atoms with Crippen LogP contribution in [-0.4, -0.2) is 36.4 Å². The van der Waals surface area contributed by atoms with E-state index in [1.807, 2.05) is 6.92 Å². The summed E-state index contributed by atoms with van der Waals surface area (Å²) in [4.78, 5) is 13.6. The minimum atomic E-state index is -0.0615. The Bertz CT molecular complexity index is 227. The SMILES string of the molecule is CC1OCCN1C(=O)NC1CCCCC1. The zero-order chi connectivity index (χ0) is 10.7. The van der Waals surface area contributed by atoms with Gasteiger partial charge in [0.05, 0.1) is 6.61 Å². The fraction of sp³-hybridized carbons (Fsp3) is 0.909. The molecule has 0 bridgehead atoms. The fourth-order valence-corrected chi connectivity index (χ4v) is 2.36. The van der Waals surface area contributed by atoms with E-state index in [9.17, 15) is 4.79 Å². The molecule has 1 heterocycles. The Morgan fingerprint density at radius 2 is 2.07 bits per heavy atom. The number of rotatable bonds is 1. The molecule has 0 spiro atoms. The average molecular weight is 212 g/mol. The second-order valence-electron chi connectivity index (χ2n) is 4.45. The molecule has 0 aromatic rings. The summed E-state index contributed by atoms with van der Waals surface area (Å²) in [5.41, 5.74) is 0. The molecule has 0 aromatic heterocycles. The second-order valence-corrected chi connectivity index (χ2v) is 4.45. The molecule has 1 atom stereocenters. The van der Waals surface area contributed by atoms with Gasteiger partial charge in [0, 0.05) is 12.6 Å². The molecular weight excluding hydrogens is 192 g/mol. The van der Waals surface area contributed by atoms with Crippen LogP contribution in [0.4, 0.5) is 4.79 Å². The van der Waals surface area contributed by atoms with E-state index in [-0.39, 0.29) is 12.3 Å². The molecule has 0 aromatic carbocycles. The van der Waals surface area contributed by atoms with E-state index in [4.69, 9.17) is 4.74 Å². The molecular formula is C11H20N2O2. The largest absolute Gasteiger partial charge is 0.357 e. The zero-order valence-corrected chi connectivity index (χ0v) is 9.37. The van der Waals surface area contributed by atoms with Crippen LogP contribution in [0.1, 0.15) is 39.0 Å². The van der Waals surface area contributed by atoms with Crippen molar-refractivity contribution >= 4 is 6.03 Å². The summed E-state index contributed by atoms with van der Waals surface area (Å²) >= 11 is 0. The lowest BCUT2D eigenvalue weighted by atomic mass is 9.96. The highest BCUT2D eigenvalue weighted by atomic mass is 16.5. The van der Waals surface area contributed by atoms with Crippen molar-refractivity contribution in [1.82, 2.24) is 10.2 Å². The maximum atomic E-state index is 11.9. The molecule has 2 aliphatic rings. The maximum absolute atomic E-state index is 11.9. The highest BCUT2D eigenvalue weighted by molar-refractivity contribution is 5.74. The first-order valence-corrected chi connectivity index (χ1v) is 5.96. The summed E-state index contributed by atoms with van der Waals surface area (Å²) in [6.07, 6.45) is 6.02. The van der Waals surface area contributed by atoms with Gasteiger partial charge in [-0.2, -0.15) is 0 Å². The van der Waals surface area contributed by atoms with Gasteiger partial charge in [-0.15, -0.1) is 0 Å². The van der Waals surface area contributed by atoms with Crippen LogP contribution in [0.3, 0.4) is 0 Å². The standard InChI is InChI=1S/C11H20N2O2/c1-9-13(7-8-15-9)11(14)12-10-5-3-2-4-6-10/h9-10H,2-8H2,1H3,(H,12,14). The lowest BCUT2D eigenvalue weighted by Crippen LogP contribution is -2.46. The van der Waals surface area contributed by atoms with Gasteiger partial charge in [-0.25, -0.2) is 4.79 Å². The van der Waals surface area contributed by atoms with Gasteiger partial charge in [0.15, 0.2) is 0 Å². The van der Waals surface area contributed by atoms with Gasteiger partial charge in [0.1, 0.15) is 6.23 Å². The molecule has 15 heavy (non-hydrogen) atoms. The minimum Gasteiger partial charge on any atom is -0.357 e. The predicted octanol–water partition coefficient (Wildman–Crippen LogP) is 1.71. The van der Waals surface area contributed by atoms with Gasteiger partial charge in [0.25, 0.3) is 0 Å². The third kappa shape index (κ3) is 2.62. The van der Waals surface area contributed by atoms with Crippen LogP contribution in [0.25, 0.3) is 0 Å².